The highest BCUT2D eigenvalue weighted by Crippen LogP contribution is 2.27. The van der Waals surface area contributed by atoms with Gasteiger partial charge in [0.05, 0.1) is 29.8 Å². The summed E-state index contributed by atoms with van der Waals surface area (Å²) in [5.41, 5.74) is 0.868. The van der Waals surface area contributed by atoms with E-state index in [1.54, 1.807) is 12.3 Å². The fourth-order valence-corrected chi connectivity index (χ4v) is 2.48. The van der Waals surface area contributed by atoms with Crippen LogP contribution in [-0.4, -0.2) is 34.1 Å². The Balaban J connectivity index is 1.81. The van der Waals surface area contributed by atoms with Gasteiger partial charge in [-0.25, -0.2) is 4.98 Å². The maximum Gasteiger partial charge on any atom is 0.287 e. The van der Waals surface area contributed by atoms with Gasteiger partial charge >= 0.3 is 0 Å². The molecule has 3 rings (SSSR count). The quantitative estimate of drug-likeness (QED) is 0.639. The van der Waals surface area contributed by atoms with Gasteiger partial charge in [-0.3, -0.25) is 15.1 Å². The number of morpholine rings is 1. The van der Waals surface area contributed by atoms with Gasteiger partial charge in [-0.05, 0) is 25.1 Å². The van der Waals surface area contributed by atoms with Crippen molar-refractivity contribution >= 4 is 11.5 Å². The van der Waals surface area contributed by atoms with Gasteiger partial charge in [0.15, 0.2) is 0 Å². The van der Waals surface area contributed by atoms with Crippen molar-refractivity contribution in [2.24, 2.45) is 0 Å². The molecule has 1 aliphatic heterocycles. The van der Waals surface area contributed by atoms with Crippen LogP contribution in [0.15, 0.2) is 42.7 Å². The SMILES string of the molecule is C[C@H]1COC(c2ccccn2)CN1c1ccc([N+](=O)[O-])cn1. The van der Waals surface area contributed by atoms with E-state index in [0.717, 1.165) is 5.69 Å². The number of nitrogens with zero attached hydrogens (tertiary/aromatic N) is 4. The molecule has 0 amide bonds. The molecule has 7 nitrogen and oxygen atoms in total. The van der Waals surface area contributed by atoms with Crippen molar-refractivity contribution in [2.45, 2.75) is 19.1 Å². The first kappa shape index (κ1) is 14.4. The molecule has 3 heterocycles. The zero-order valence-electron chi connectivity index (χ0n) is 12.1. The minimum Gasteiger partial charge on any atom is -0.368 e. The van der Waals surface area contributed by atoms with E-state index in [4.69, 9.17) is 4.74 Å². The second kappa shape index (κ2) is 6.07. The summed E-state index contributed by atoms with van der Waals surface area (Å²) in [6.07, 6.45) is 2.90. The van der Waals surface area contributed by atoms with Crippen LogP contribution in [0, 0.1) is 10.1 Å². The monoisotopic (exact) mass is 300 g/mol. The molecule has 0 bridgehead atoms. The molecule has 0 saturated carbocycles. The maximum atomic E-state index is 10.7. The van der Waals surface area contributed by atoms with Gasteiger partial charge in [0.2, 0.25) is 0 Å². The zero-order valence-corrected chi connectivity index (χ0v) is 12.1. The lowest BCUT2D eigenvalue weighted by Crippen LogP contribution is -2.45. The second-order valence-electron chi connectivity index (χ2n) is 5.21. The van der Waals surface area contributed by atoms with Gasteiger partial charge in [-0.15, -0.1) is 0 Å². The summed E-state index contributed by atoms with van der Waals surface area (Å²) in [4.78, 5) is 20.9. The van der Waals surface area contributed by atoms with Crippen LogP contribution in [0.5, 0.6) is 0 Å². The van der Waals surface area contributed by atoms with Crippen LogP contribution in [0.25, 0.3) is 0 Å². The number of rotatable bonds is 3. The van der Waals surface area contributed by atoms with E-state index in [-0.39, 0.29) is 17.8 Å². The molecule has 0 aliphatic carbocycles. The first-order valence-corrected chi connectivity index (χ1v) is 7.05. The van der Waals surface area contributed by atoms with E-state index in [2.05, 4.69) is 14.9 Å². The molecular weight excluding hydrogens is 284 g/mol. The van der Waals surface area contributed by atoms with Crippen LogP contribution in [0.3, 0.4) is 0 Å². The third-order valence-electron chi connectivity index (χ3n) is 3.69. The molecule has 1 unspecified atom stereocenters. The van der Waals surface area contributed by atoms with Gasteiger partial charge in [-0.1, -0.05) is 6.07 Å². The predicted molar refractivity (Wildman–Crippen MR) is 80.6 cm³/mol. The highest BCUT2D eigenvalue weighted by molar-refractivity contribution is 5.44. The van der Waals surface area contributed by atoms with E-state index in [9.17, 15) is 10.1 Å². The van der Waals surface area contributed by atoms with E-state index in [0.29, 0.717) is 19.0 Å². The Bertz CT molecular complexity index is 648. The number of hydrogen-bond donors (Lipinski definition) is 0. The summed E-state index contributed by atoms with van der Waals surface area (Å²) in [6.45, 7) is 3.21. The standard InChI is InChI=1S/C15H16N4O3/c1-11-10-22-14(13-4-2-3-7-16-13)9-18(11)15-6-5-12(8-17-15)19(20)21/h2-8,11,14H,9-10H2,1H3/t11-,14?/m0/s1. The van der Waals surface area contributed by atoms with Gasteiger partial charge in [0, 0.05) is 12.3 Å². The third kappa shape index (κ3) is 2.89. The van der Waals surface area contributed by atoms with Crippen LogP contribution in [0.1, 0.15) is 18.7 Å². The van der Waals surface area contributed by atoms with Crippen LogP contribution in [0.4, 0.5) is 11.5 Å². The molecule has 0 spiro atoms. The molecule has 0 radical (unpaired) electrons. The molecular formula is C15H16N4O3. The number of ether oxygens (including phenoxy) is 1. The average Bonchev–Trinajstić information content (AvgIpc) is 2.56. The first-order chi connectivity index (χ1) is 10.6. The lowest BCUT2D eigenvalue weighted by atomic mass is 10.1. The fraction of sp³-hybridized carbons (Fsp3) is 0.333. The van der Waals surface area contributed by atoms with E-state index in [1.807, 2.05) is 25.1 Å². The summed E-state index contributed by atoms with van der Waals surface area (Å²) in [5, 5.41) is 10.7. The molecule has 7 heteroatoms. The van der Waals surface area contributed by atoms with Crippen molar-refractivity contribution in [1.29, 1.82) is 0 Å². The third-order valence-corrected chi connectivity index (χ3v) is 3.69. The molecule has 1 fully saturated rings. The van der Waals surface area contributed by atoms with Crippen LogP contribution in [0.2, 0.25) is 0 Å². The maximum absolute atomic E-state index is 10.7. The van der Waals surface area contributed by atoms with Crippen molar-refractivity contribution in [3.63, 3.8) is 0 Å². The van der Waals surface area contributed by atoms with Gasteiger partial charge in [-0.2, -0.15) is 0 Å². The van der Waals surface area contributed by atoms with E-state index < -0.39 is 4.92 Å². The largest absolute Gasteiger partial charge is 0.368 e. The molecule has 2 atom stereocenters. The Morgan fingerprint density at radius 2 is 2.18 bits per heavy atom. The Hall–Kier alpha value is -2.54. The highest BCUT2D eigenvalue weighted by Gasteiger charge is 2.28. The molecule has 114 valence electrons. The Morgan fingerprint density at radius 3 is 2.82 bits per heavy atom. The number of aromatic nitrogens is 2. The summed E-state index contributed by atoms with van der Waals surface area (Å²) in [7, 11) is 0. The summed E-state index contributed by atoms with van der Waals surface area (Å²) < 4.78 is 5.85. The van der Waals surface area contributed by atoms with Gasteiger partial charge in [0.25, 0.3) is 5.69 Å². The van der Waals surface area contributed by atoms with Gasteiger partial charge in [0.1, 0.15) is 18.1 Å². The van der Waals surface area contributed by atoms with Crippen LogP contribution in [-0.2, 0) is 4.74 Å². The smallest absolute Gasteiger partial charge is 0.287 e. The van der Waals surface area contributed by atoms with Gasteiger partial charge < -0.3 is 9.64 Å². The van der Waals surface area contributed by atoms with E-state index in [1.165, 1.54) is 12.3 Å². The molecule has 1 saturated heterocycles. The second-order valence-corrected chi connectivity index (χ2v) is 5.21. The topological polar surface area (TPSA) is 81.4 Å². The van der Waals surface area contributed by atoms with Crippen molar-refractivity contribution in [3.05, 3.63) is 58.5 Å². The van der Waals surface area contributed by atoms with Crippen molar-refractivity contribution in [3.8, 4) is 0 Å². The van der Waals surface area contributed by atoms with Crippen LogP contribution >= 0.6 is 0 Å². The number of hydrogen-bond acceptors (Lipinski definition) is 6. The molecule has 0 aromatic carbocycles. The molecule has 0 N–H and O–H groups in total. The first-order valence-electron chi connectivity index (χ1n) is 7.05. The van der Waals surface area contributed by atoms with Crippen molar-refractivity contribution in [1.82, 2.24) is 9.97 Å². The molecule has 2 aromatic rings. The lowest BCUT2D eigenvalue weighted by molar-refractivity contribution is -0.385. The van der Waals surface area contributed by atoms with E-state index >= 15 is 0 Å². The number of nitro groups is 1. The Labute approximate surface area is 127 Å². The van der Waals surface area contributed by atoms with Crippen molar-refractivity contribution in [2.75, 3.05) is 18.1 Å². The number of pyridine rings is 2. The lowest BCUT2D eigenvalue weighted by Gasteiger charge is -2.38. The highest BCUT2D eigenvalue weighted by atomic mass is 16.6. The minimum atomic E-state index is -0.448. The van der Waals surface area contributed by atoms with Crippen molar-refractivity contribution < 1.29 is 9.66 Å². The molecule has 1 aliphatic rings. The predicted octanol–water partition coefficient (Wildman–Crippen LogP) is 2.35. The normalized spacial score (nSPS) is 21.6. The number of anilines is 1. The fourth-order valence-electron chi connectivity index (χ4n) is 2.48. The Morgan fingerprint density at radius 1 is 1.32 bits per heavy atom. The Kier molecular flexibility index (Phi) is 3.97. The molecule has 22 heavy (non-hydrogen) atoms. The summed E-state index contributed by atoms with van der Waals surface area (Å²) in [5.74, 6) is 0.710. The summed E-state index contributed by atoms with van der Waals surface area (Å²) in [6, 6.07) is 9.02. The zero-order chi connectivity index (χ0) is 15.5. The average molecular weight is 300 g/mol. The summed E-state index contributed by atoms with van der Waals surface area (Å²) >= 11 is 0. The molecule has 2 aromatic heterocycles. The van der Waals surface area contributed by atoms with Crippen LogP contribution < -0.4 is 4.90 Å². The minimum absolute atomic E-state index is 0.00839.